The first-order chi connectivity index (χ1) is 15.6. The number of hydrogen-bond acceptors (Lipinski definition) is 23. The minimum absolute atomic E-state index is 3.05. The van der Waals surface area contributed by atoms with E-state index in [1.54, 1.807) is 0 Å². The fraction of sp³-hybridized carbons (Fsp3) is 1.00. The number of rotatable bonds is 12. The molecule has 0 saturated heterocycles. The summed E-state index contributed by atoms with van der Waals surface area (Å²) in [6.45, 7) is 0. The minimum atomic E-state index is -6.73. The summed E-state index contributed by atoms with van der Waals surface area (Å²) in [6.07, 6.45) is -20.5. The average molecular weight is 650 g/mol. The lowest BCUT2D eigenvalue weighted by Gasteiger charge is -2.54. The molecule has 0 spiro atoms. The first-order valence-electron chi connectivity index (χ1n) is 7.84. The van der Waals surface area contributed by atoms with Gasteiger partial charge in [-0.05, 0) is 0 Å². The van der Waals surface area contributed by atoms with Crippen molar-refractivity contribution in [2.45, 2.75) is 36.6 Å². The van der Waals surface area contributed by atoms with Gasteiger partial charge in [0.25, 0.3) is 15.6 Å². The molecule has 8 atom stereocenters. The molecule has 1 fully saturated rings. The molecule has 0 aromatic carbocycles. The molecule has 36 heavy (non-hydrogen) atoms. The first-order valence-corrected chi connectivity index (χ1v) is 16.6. The van der Waals surface area contributed by atoms with Crippen molar-refractivity contribution in [2.75, 3.05) is 0 Å². The Balaban J connectivity index is 3.87. The molecule has 1 aliphatic carbocycles. The van der Waals surface area contributed by atoms with E-state index >= 15 is 0 Å². The van der Waals surface area contributed by atoms with Crippen LogP contribution < -0.4 is 48.9 Å². The summed E-state index contributed by atoms with van der Waals surface area (Å²) < 4.78 is 88.2. The lowest BCUT2D eigenvalue weighted by molar-refractivity contribution is -0.378. The number of aliphatic hydroxyl groups is 1. The average Bonchev–Trinajstić information content (AvgIpc) is 2.51. The van der Waals surface area contributed by atoms with Gasteiger partial charge in [0.1, 0.15) is 36.6 Å². The fourth-order valence-corrected chi connectivity index (χ4v) is 6.50. The Kier molecular flexibility index (Phi) is 11.2. The zero-order valence-electron chi connectivity index (χ0n) is 16.0. The van der Waals surface area contributed by atoms with Gasteiger partial charge in [0.05, 0.1) is 31.3 Å². The Morgan fingerprint density at radius 3 is 0.972 bits per heavy atom. The van der Waals surface area contributed by atoms with Gasteiger partial charge in [0.2, 0.25) is 0 Å². The third kappa shape index (κ3) is 12.7. The van der Waals surface area contributed by atoms with Crippen LogP contribution in [0.3, 0.4) is 0 Å². The maximum atomic E-state index is 11.8. The third-order valence-corrected chi connectivity index (χ3v) is 7.56. The minimum Gasteiger partial charge on any atom is -0.790 e. The number of aliphatic hydroxyl groups excluding tert-OH is 1. The van der Waals surface area contributed by atoms with Crippen molar-refractivity contribution >= 4 is 46.9 Å². The van der Waals surface area contributed by atoms with E-state index in [-0.39, 0.29) is 0 Å². The van der Waals surface area contributed by atoms with E-state index < -0.39 is 83.6 Å². The Morgan fingerprint density at radius 2 is 0.722 bits per heavy atom. The van der Waals surface area contributed by atoms with Gasteiger partial charge in [0.15, 0.2) is 0 Å². The highest BCUT2D eigenvalue weighted by atomic mass is 31.3. The molecule has 4 unspecified atom stereocenters. The van der Waals surface area contributed by atoms with Crippen molar-refractivity contribution in [1.29, 1.82) is 0 Å². The Labute approximate surface area is 197 Å². The summed E-state index contributed by atoms with van der Waals surface area (Å²) in [6, 6.07) is 0. The molecule has 0 radical (unpaired) electrons. The van der Waals surface area contributed by atoms with Gasteiger partial charge in [-0.3, -0.25) is 9.13 Å². The predicted octanol–water partition coefficient (Wildman–Crippen LogP) is -9.45. The molecule has 1 saturated carbocycles. The van der Waals surface area contributed by atoms with Crippen LogP contribution in [0.25, 0.3) is 0 Å². The Morgan fingerprint density at radius 1 is 0.472 bits per heavy atom. The van der Waals surface area contributed by atoms with Gasteiger partial charge in [-0.25, -0.2) is 4.31 Å². The van der Waals surface area contributed by atoms with Crippen LogP contribution in [0.2, 0.25) is 0 Å². The van der Waals surface area contributed by atoms with Gasteiger partial charge in [0, 0.05) is 0 Å². The van der Waals surface area contributed by atoms with Crippen molar-refractivity contribution in [2.24, 2.45) is 0 Å². The molecule has 0 bridgehead atoms. The molecule has 0 aromatic rings. The molecular formula is C6H8O24P6-10. The molecule has 1 aliphatic rings. The number of phosphoric ester groups is 5. The molecule has 30 heteroatoms. The SMILES string of the molecule is O=P([O-])([O-])O[C@@H]1C(O)[C@H](OP(=O)([O-])[O-])[C@@H](OP(=O)([O-])[O-])C(OP(=O)([O-])OP(=O)([O-])O)[C@H]1OP(=O)([O-])[O-]. The van der Waals surface area contributed by atoms with E-state index in [1.807, 2.05) is 0 Å². The van der Waals surface area contributed by atoms with E-state index in [9.17, 15) is 81.4 Å². The smallest absolute Gasteiger partial charge is 0.274 e. The van der Waals surface area contributed by atoms with Crippen molar-refractivity contribution in [3.05, 3.63) is 0 Å². The van der Waals surface area contributed by atoms with Crippen molar-refractivity contribution < 1.29 is 113 Å². The second-order valence-corrected chi connectivity index (χ2v) is 13.2. The van der Waals surface area contributed by atoms with Gasteiger partial charge >= 0.3 is 0 Å². The van der Waals surface area contributed by atoms with Crippen LogP contribution in [0.15, 0.2) is 0 Å². The van der Waals surface area contributed by atoms with Crippen molar-refractivity contribution in [3.63, 3.8) is 0 Å². The van der Waals surface area contributed by atoms with E-state index in [2.05, 4.69) is 26.9 Å². The van der Waals surface area contributed by atoms with Crippen LogP contribution in [-0.2, 0) is 54.3 Å². The second kappa shape index (κ2) is 11.6. The maximum Gasteiger partial charge on any atom is 0.274 e. The number of hydrogen-bond donors (Lipinski definition) is 2. The second-order valence-electron chi connectivity index (χ2n) is 6.13. The van der Waals surface area contributed by atoms with Gasteiger partial charge < -0.3 is 99.8 Å². The number of phosphoric acid groups is 6. The van der Waals surface area contributed by atoms with E-state index in [0.717, 1.165) is 0 Å². The first kappa shape index (κ1) is 34.7. The Bertz CT molecular complexity index is 993. The summed E-state index contributed by atoms with van der Waals surface area (Å²) in [5.74, 6) is 0. The van der Waals surface area contributed by atoms with Crippen LogP contribution in [-0.4, -0.2) is 46.6 Å². The van der Waals surface area contributed by atoms with Crippen LogP contribution in [0.1, 0.15) is 0 Å². The molecule has 24 nitrogen and oxygen atoms in total. The van der Waals surface area contributed by atoms with Gasteiger partial charge in [-0.2, -0.15) is 0 Å². The van der Waals surface area contributed by atoms with E-state index in [0.29, 0.717) is 0 Å². The van der Waals surface area contributed by atoms with E-state index in [1.165, 1.54) is 0 Å². The zero-order valence-corrected chi connectivity index (χ0v) is 21.4. The van der Waals surface area contributed by atoms with E-state index in [4.69, 9.17) is 4.89 Å². The highest BCUT2D eigenvalue weighted by molar-refractivity contribution is 7.59. The topological polar surface area (TPSA) is 429 Å². The van der Waals surface area contributed by atoms with Crippen molar-refractivity contribution in [3.8, 4) is 0 Å². The monoisotopic (exact) mass is 650 g/mol. The Hall–Kier alpha value is 0.660. The molecule has 216 valence electrons. The highest BCUT2D eigenvalue weighted by Crippen LogP contribution is 2.56. The molecule has 2 N–H and O–H groups in total. The molecule has 0 heterocycles. The molecule has 0 aromatic heterocycles. The summed E-state index contributed by atoms with van der Waals surface area (Å²) in [5, 5.41) is 10.1. The summed E-state index contributed by atoms with van der Waals surface area (Å²) in [7, 11) is -39.4. The lowest BCUT2D eigenvalue weighted by atomic mass is 9.85. The standard InChI is InChI=1S/C6H18O24P6/c7-1-2(25-31(8,9)10)4(27-33(14,15)16)6(29-36(23,24)30-35(20,21)22)5(28-34(17,18)19)3(1)26-32(11,12)13/h1-7H,(H,23,24)(H2,8,9,10)(H2,11,12,13)(H2,14,15,16)(H2,17,18,19)(H2,20,21,22)/p-10/t1?,2-,3+,4+,5-,6?. The van der Waals surface area contributed by atoms with Crippen LogP contribution in [0, 0.1) is 0 Å². The van der Waals surface area contributed by atoms with Crippen LogP contribution >= 0.6 is 46.9 Å². The van der Waals surface area contributed by atoms with Gasteiger partial charge in [-0.1, -0.05) is 0 Å². The molecular weight excluding hydrogens is 642 g/mol. The van der Waals surface area contributed by atoms with Crippen LogP contribution in [0.5, 0.6) is 0 Å². The third-order valence-electron chi connectivity index (χ3n) is 3.43. The summed E-state index contributed by atoms with van der Waals surface area (Å²) in [5.41, 5.74) is 0. The van der Waals surface area contributed by atoms with Crippen molar-refractivity contribution in [1.82, 2.24) is 0 Å². The lowest BCUT2D eigenvalue weighted by Crippen LogP contribution is -2.67. The van der Waals surface area contributed by atoms with Crippen LogP contribution in [0.4, 0.5) is 0 Å². The predicted molar refractivity (Wildman–Crippen MR) is 79.3 cm³/mol. The summed E-state index contributed by atoms with van der Waals surface area (Å²) in [4.78, 5) is 119. The normalized spacial score (nSPS) is 32.0. The maximum absolute atomic E-state index is 11.8. The molecule has 0 aliphatic heterocycles. The quantitative estimate of drug-likeness (QED) is 0.185. The largest absolute Gasteiger partial charge is 0.790 e. The highest BCUT2D eigenvalue weighted by Gasteiger charge is 2.56. The van der Waals surface area contributed by atoms with Gasteiger partial charge in [-0.15, -0.1) is 0 Å². The summed E-state index contributed by atoms with van der Waals surface area (Å²) >= 11 is 0. The molecule has 1 rings (SSSR count). The molecule has 0 amide bonds. The zero-order chi connectivity index (χ0) is 28.7. The fourth-order valence-electron chi connectivity index (χ4n) is 2.63.